The molecule has 132 valence electrons. The second-order valence-electron chi connectivity index (χ2n) is 5.98. The van der Waals surface area contributed by atoms with Crippen molar-refractivity contribution in [3.8, 4) is 0 Å². The Morgan fingerprint density at radius 3 is 3.04 bits per heavy atom. The minimum atomic E-state index is -0.906. The van der Waals surface area contributed by atoms with Gasteiger partial charge in [0.1, 0.15) is 18.2 Å². The van der Waals surface area contributed by atoms with Crippen molar-refractivity contribution >= 4 is 23.3 Å². The summed E-state index contributed by atoms with van der Waals surface area (Å²) in [4.78, 5) is 12.3. The molecule has 2 aromatic rings. The van der Waals surface area contributed by atoms with Crippen LogP contribution in [0.3, 0.4) is 0 Å². The SMILES string of the molecule is O=C(Nc1cccc(Cl)c1)N[C@H]1[C@H](O)[C@@H](n2cccn2)[C@@H]2OC[C@H]1O2. The van der Waals surface area contributed by atoms with Crippen LogP contribution in [0.5, 0.6) is 0 Å². The van der Waals surface area contributed by atoms with E-state index in [-0.39, 0.29) is 0 Å². The summed E-state index contributed by atoms with van der Waals surface area (Å²) in [6, 6.07) is 6.93. The first-order valence-corrected chi connectivity index (χ1v) is 8.27. The van der Waals surface area contributed by atoms with Crippen molar-refractivity contribution in [2.75, 3.05) is 11.9 Å². The van der Waals surface area contributed by atoms with Gasteiger partial charge in [0.25, 0.3) is 0 Å². The van der Waals surface area contributed by atoms with Crippen LogP contribution in [0, 0.1) is 0 Å². The highest BCUT2D eigenvalue weighted by atomic mass is 35.5. The van der Waals surface area contributed by atoms with Gasteiger partial charge in [-0.1, -0.05) is 17.7 Å². The van der Waals surface area contributed by atoms with E-state index in [1.165, 1.54) is 0 Å². The molecule has 2 aliphatic heterocycles. The summed E-state index contributed by atoms with van der Waals surface area (Å²) in [6.45, 7) is 0.293. The van der Waals surface area contributed by atoms with Crippen LogP contribution in [0.4, 0.5) is 10.5 Å². The Hall–Kier alpha value is -2.13. The van der Waals surface area contributed by atoms with Crippen molar-refractivity contribution < 1.29 is 19.4 Å². The van der Waals surface area contributed by atoms with E-state index in [0.717, 1.165) is 0 Å². The predicted molar refractivity (Wildman–Crippen MR) is 89.3 cm³/mol. The molecular formula is C16H17ClN4O4. The van der Waals surface area contributed by atoms with Crippen molar-refractivity contribution in [3.05, 3.63) is 47.7 Å². The van der Waals surface area contributed by atoms with Gasteiger partial charge in [-0.25, -0.2) is 4.79 Å². The lowest BCUT2D eigenvalue weighted by Gasteiger charge is -2.38. The molecule has 25 heavy (non-hydrogen) atoms. The summed E-state index contributed by atoms with van der Waals surface area (Å²) < 4.78 is 13.0. The van der Waals surface area contributed by atoms with E-state index in [0.29, 0.717) is 17.3 Å². The number of anilines is 1. The molecule has 1 aromatic carbocycles. The molecule has 0 aliphatic carbocycles. The van der Waals surface area contributed by atoms with Crippen LogP contribution >= 0.6 is 11.6 Å². The number of amides is 2. The van der Waals surface area contributed by atoms with Gasteiger partial charge in [0, 0.05) is 23.1 Å². The number of hydrogen-bond donors (Lipinski definition) is 3. The van der Waals surface area contributed by atoms with E-state index in [9.17, 15) is 9.90 Å². The fraction of sp³-hybridized carbons (Fsp3) is 0.375. The van der Waals surface area contributed by atoms with Gasteiger partial charge in [0.05, 0.1) is 12.6 Å². The Morgan fingerprint density at radius 1 is 1.40 bits per heavy atom. The molecule has 8 nitrogen and oxygen atoms in total. The standard InChI is InChI=1S/C16H17ClN4O4/c17-9-3-1-4-10(7-9)19-16(23)20-12-11-8-24-15(25-11)13(14(12)22)21-6-2-5-18-21/h1-7,11-15,22H,8H2,(H2,19,20,23)/t11-,12-,13-,14+,15-/m1/s1. The highest BCUT2D eigenvalue weighted by Gasteiger charge is 2.51. The van der Waals surface area contributed by atoms with Gasteiger partial charge in [0.2, 0.25) is 0 Å². The molecular weight excluding hydrogens is 348 g/mol. The predicted octanol–water partition coefficient (Wildman–Crippen LogP) is 1.38. The Labute approximate surface area is 148 Å². The van der Waals surface area contributed by atoms with Crippen molar-refractivity contribution in [1.82, 2.24) is 15.1 Å². The number of urea groups is 1. The normalized spacial score (nSPS) is 30.9. The maximum Gasteiger partial charge on any atom is 0.319 e. The Balaban J connectivity index is 1.48. The molecule has 2 aliphatic rings. The number of ether oxygens (including phenoxy) is 2. The van der Waals surface area contributed by atoms with Crippen LogP contribution in [0.1, 0.15) is 6.04 Å². The quantitative estimate of drug-likeness (QED) is 0.764. The number of hydrogen-bond acceptors (Lipinski definition) is 5. The van der Waals surface area contributed by atoms with E-state index in [2.05, 4.69) is 15.7 Å². The molecule has 1 aromatic heterocycles. The van der Waals surface area contributed by atoms with E-state index in [1.54, 1.807) is 47.4 Å². The molecule has 2 fully saturated rings. The minimum Gasteiger partial charge on any atom is -0.388 e. The lowest BCUT2D eigenvalue weighted by Crippen LogP contribution is -2.59. The monoisotopic (exact) mass is 364 g/mol. The smallest absolute Gasteiger partial charge is 0.319 e. The topological polar surface area (TPSA) is 97.6 Å². The summed E-state index contributed by atoms with van der Waals surface area (Å²) >= 11 is 5.91. The zero-order valence-corrected chi connectivity index (χ0v) is 13.8. The van der Waals surface area contributed by atoms with Gasteiger partial charge >= 0.3 is 6.03 Å². The summed E-state index contributed by atoms with van der Waals surface area (Å²) in [5.41, 5.74) is 0.556. The number of nitrogens with one attached hydrogen (secondary N) is 2. The summed E-state index contributed by atoms with van der Waals surface area (Å²) in [5.74, 6) is 0. The Kier molecular flexibility index (Phi) is 4.34. The molecule has 0 unspecified atom stereocenters. The zero-order valence-electron chi connectivity index (χ0n) is 13.1. The molecule has 3 heterocycles. The number of fused-ring (bicyclic) bond motifs is 2. The van der Waals surface area contributed by atoms with E-state index in [4.69, 9.17) is 21.1 Å². The largest absolute Gasteiger partial charge is 0.388 e. The second-order valence-corrected chi connectivity index (χ2v) is 6.41. The molecule has 2 bridgehead atoms. The second kappa shape index (κ2) is 6.64. The number of carbonyl (C=O) groups excluding carboxylic acids is 1. The molecule has 9 heteroatoms. The first-order valence-electron chi connectivity index (χ1n) is 7.89. The van der Waals surface area contributed by atoms with Gasteiger partial charge in [-0.2, -0.15) is 5.10 Å². The number of aliphatic hydroxyl groups is 1. The molecule has 5 atom stereocenters. The van der Waals surface area contributed by atoms with Crippen LogP contribution in [-0.4, -0.2) is 52.1 Å². The average Bonchev–Trinajstić information content (AvgIpc) is 3.23. The Morgan fingerprint density at radius 2 is 2.28 bits per heavy atom. The van der Waals surface area contributed by atoms with Crippen LogP contribution in [-0.2, 0) is 9.47 Å². The summed E-state index contributed by atoms with van der Waals surface area (Å²) in [5, 5.41) is 20.9. The molecule has 4 rings (SSSR count). The molecule has 0 radical (unpaired) electrons. The third-order valence-corrected chi connectivity index (χ3v) is 4.58. The van der Waals surface area contributed by atoms with Crippen LogP contribution in [0.25, 0.3) is 0 Å². The van der Waals surface area contributed by atoms with Gasteiger partial charge in [-0.15, -0.1) is 0 Å². The average molecular weight is 365 g/mol. The summed E-state index contributed by atoms with van der Waals surface area (Å²) in [7, 11) is 0. The number of aliphatic hydroxyl groups excluding tert-OH is 1. The molecule has 0 spiro atoms. The number of aromatic nitrogens is 2. The van der Waals surface area contributed by atoms with Gasteiger partial charge < -0.3 is 25.2 Å². The number of carbonyl (C=O) groups is 1. The van der Waals surface area contributed by atoms with Crippen molar-refractivity contribution in [3.63, 3.8) is 0 Å². The number of halogens is 1. The third-order valence-electron chi connectivity index (χ3n) is 4.34. The first kappa shape index (κ1) is 16.3. The van der Waals surface area contributed by atoms with E-state index >= 15 is 0 Å². The van der Waals surface area contributed by atoms with E-state index in [1.807, 2.05) is 0 Å². The van der Waals surface area contributed by atoms with Crippen molar-refractivity contribution in [2.24, 2.45) is 0 Å². The van der Waals surface area contributed by atoms with Gasteiger partial charge in [-0.3, -0.25) is 4.68 Å². The maximum absolute atomic E-state index is 12.3. The fourth-order valence-electron chi connectivity index (χ4n) is 3.20. The molecule has 3 N–H and O–H groups in total. The number of nitrogens with zero attached hydrogens (tertiary/aromatic N) is 2. The maximum atomic E-state index is 12.3. The van der Waals surface area contributed by atoms with Crippen LogP contribution in [0.2, 0.25) is 5.02 Å². The third kappa shape index (κ3) is 3.21. The fourth-order valence-corrected chi connectivity index (χ4v) is 3.39. The van der Waals surface area contributed by atoms with Gasteiger partial charge in [-0.05, 0) is 24.3 Å². The van der Waals surface area contributed by atoms with Crippen LogP contribution in [0.15, 0.2) is 42.7 Å². The minimum absolute atomic E-state index is 0.293. The Bertz CT molecular complexity index is 756. The van der Waals surface area contributed by atoms with Gasteiger partial charge in [0.15, 0.2) is 6.29 Å². The first-order chi connectivity index (χ1) is 12.1. The molecule has 0 saturated carbocycles. The molecule has 2 amide bonds. The van der Waals surface area contributed by atoms with Crippen LogP contribution < -0.4 is 10.6 Å². The summed E-state index contributed by atoms with van der Waals surface area (Å²) in [6.07, 6.45) is 1.42. The van der Waals surface area contributed by atoms with Crippen molar-refractivity contribution in [1.29, 1.82) is 0 Å². The van der Waals surface area contributed by atoms with E-state index < -0.39 is 36.6 Å². The highest BCUT2D eigenvalue weighted by Crippen LogP contribution is 2.35. The lowest BCUT2D eigenvalue weighted by atomic mass is 9.96. The number of rotatable bonds is 3. The van der Waals surface area contributed by atoms with Crippen molar-refractivity contribution in [2.45, 2.75) is 30.6 Å². The zero-order chi connectivity index (χ0) is 17.4. The lowest BCUT2D eigenvalue weighted by molar-refractivity contribution is -0.166. The number of benzene rings is 1. The highest BCUT2D eigenvalue weighted by molar-refractivity contribution is 6.30. The molecule has 2 saturated heterocycles.